The van der Waals surface area contributed by atoms with Crippen LogP contribution in [0.5, 0.6) is 0 Å². The molecule has 0 heterocycles. The largest absolute Gasteiger partial charge is 0.481 e. The number of primary amides is 1. The Kier molecular flexibility index (Phi) is 5.17. The van der Waals surface area contributed by atoms with Crippen LogP contribution in [0.2, 0.25) is 0 Å². The smallest absolute Gasteiger partial charge is 0.417 e. The Morgan fingerprint density at radius 1 is 1.33 bits per heavy atom. The topological polar surface area (TPSA) is 83.6 Å². The van der Waals surface area contributed by atoms with Crippen LogP contribution in [-0.2, 0) is 11.0 Å². The lowest BCUT2D eigenvalue weighted by molar-refractivity contribution is -0.138. The second kappa shape index (κ2) is 6.47. The highest BCUT2D eigenvalue weighted by molar-refractivity contribution is 5.95. The number of hydrogen-bond acceptors (Lipinski definition) is 3. The molecule has 0 aliphatic carbocycles. The second-order valence-electron chi connectivity index (χ2n) is 4.51. The van der Waals surface area contributed by atoms with Crippen molar-refractivity contribution in [3.05, 3.63) is 29.3 Å². The molecule has 1 rings (SSSR count). The SMILES string of the molecule is CN(CCCC(=O)O)c1ccc(C(N)=O)c(C(F)(F)F)c1. The Hall–Kier alpha value is -2.25. The molecule has 21 heavy (non-hydrogen) atoms. The Bertz CT molecular complexity index is 544. The molecular formula is C13H15F3N2O3. The van der Waals surface area contributed by atoms with Crippen molar-refractivity contribution in [3.8, 4) is 0 Å². The second-order valence-corrected chi connectivity index (χ2v) is 4.51. The Labute approximate surface area is 119 Å². The molecule has 0 aliphatic rings. The average molecular weight is 304 g/mol. The van der Waals surface area contributed by atoms with Gasteiger partial charge in [0.05, 0.1) is 11.1 Å². The maximum atomic E-state index is 12.9. The van der Waals surface area contributed by atoms with Gasteiger partial charge in [-0.1, -0.05) is 0 Å². The quantitative estimate of drug-likeness (QED) is 0.843. The zero-order chi connectivity index (χ0) is 16.2. The van der Waals surface area contributed by atoms with E-state index in [1.54, 1.807) is 7.05 Å². The van der Waals surface area contributed by atoms with Crippen LogP contribution in [0.15, 0.2) is 18.2 Å². The summed E-state index contributed by atoms with van der Waals surface area (Å²) in [6, 6.07) is 3.20. The fraction of sp³-hybridized carbons (Fsp3) is 0.385. The van der Waals surface area contributed by atoms with E-state index in [-0.39, 0.29) is 18.7 Å². The highest BCUT2D eigenvalue weighted by Gasteiger charge is 2.35. The molecule has 116 valence electrons. The minimum atomic E-state index is -4.69. The predicted molar refractivity (Wildman–Crippen MR) is 70.1 cm³/mol. The van der Waals surface area contributed by atoms with E-state index in [1.165, 1.54) is 11.0 Å². The number of halogens is 3. The molecule has 0 radical (unpaired) electrons. The van der Waals surface area contributed by atoms with Crippen LogP contribution < -0.4 is 10.6 Å². The van der Waals surface area contributed by atoms with Gasteiger partial charge in [-0.15, -0.1) is 0 Å². The van der Waals surface area contributed by atoms with Crippen molar-refractivity contribution in [2.75, 3.05) is 18.5 Å². The van der Waals surface area contributed by atoms with Gasteiger partial charge in [0, 0.05) is 25.7 Å². The lowest BCUT2D eigenvalue weighted by Crippen LogP contribution is -2.22. The first-order chi connectivity index (χ1) is 9.62. The first-order valence-corrected chi connectivity index (χ1v) is 6.07. The number of carbonyl (C=O) groups is 2. The summed E-state index contributed by atoms with van der Waals surface area (Å²) in [5.41, 5.74) is 3.48. The number of carboxylic acid groups (broad SMARTS) is 1. The molecule has 1 amide bonds. The first kappa shape index (κ1) is 16.8. The number of anilines is 1. The summed E-state index contributed by atoms with van der Waals surface area (Å²) in [6.07, 6.45) is -4.47. The molecule has 0 bridgehead atoms. The molecule has 0 fully saturated rings. The summed E-state index contributed by atoms with van der Waals surface area (Å²) in [5.74, 6) is -2.12. The summed E-state index contributed by atoms with van der Waals surface area (Å²) in [5, 5.41) is 8.53. The lowest BCUT2D eigenvalue weighted by atomic mass is 10.0. The molecule has 8 heteroatoms. The summed E-state index contributed by atoms with van der Waals surface area (Å²) in [4.78, 5) is 22.9. The number of carboxylic acids is 1. The molecule has 5 nitrogen and oxygen atoms in total. The standard InChI is InChI=1S/C13H15F3N2O3/c1-18(6-2-3-11(19)20)8-4-5-9(12(17)21)10(7-8)13(14,15)16/h4-5,7H,2-3,6H2,1H3,(H2,17,21)(H,19,20). The van der Waals surface area contributed by atoms with Crippen LogP contribution in [0.4, 0.5) is 18.9 Å². The number of nitrogens with zero attached hydrogens (tertiary/aromatic N) is 1. The Balaban J connectivity index is 2.99. The van der Waals surface area contributed by atoms with Gasteiger partial charge in [0.1, 0.15) is 0 Å². The van der Waals surface area contributed by atoms with E-state index in [9.17, 15) is 22.8 Å². The van der Waals surface area contributed by atoms with Crippen molar-refractivity contribution in [3.63, 3.8) is 0 Å². The van der Waals surface area contributed by atoms with Crippen LogP contribution in [-0.4, -0.2) is 30.6 Å². The number of aliphatic carboxylic acids is 1. The number of amides is 1. The maximum Gasteiger partial charge on any atom is 0.417 e. The zero-order valence-corrected chi connectivity index (χ0v) is 11.3. The van der Waals surface area contributed by atoms with E-state index in [0.29, 0.717) is 6.42 Å². The molecule has 0 saturated heterocycles. The van der Waals surface area contributed by atoms with Crippen molar-refractivity contribution < 1.29 is 27.9 Å². The molecule has 0 aliphatic heterocycles. The van der Waals surface area contributed by atoms with Crippen molar-refractivity contribution >= 4 is 17.6 Å². The molecular weight excluding hydrogens is 289 g/mol. The predicted octanol–water partition coefficient (Wildman–Crippen LogP) is 2.11. The van der Waals surface area contributed by atoms with Crippen molar-refractivity contribution in [2.45, 2.75) is 19.0 Å². The van der Waals surface area contributed by atoms with Gasteiger partial charge >= 0.3 is 12.1 Å². The molecule has 0 unspecified atom stereocenters. The van der Waals surface area contributed by atoms with E-state index < -0.39 is 29.2 Å². The number of carbonyl (C=O) groups excluding carboxylic acids is 1. The van der Waals surface area contributed by atoms with Gasteiger partial charge < -0.3 is 15.7 Å². The highest BCUT2D eigenvalue weighted by Crippen LogP contribution is 2.34. The first-order valence-electron chi connectivity index (χ1n) is 6.07. The van der Waals surface area contributed by atoms with Crippen LogP contribution in [0.25, 0.3) is 0 Å². The van der Waals surface area contributed by atoms with Gasteiger partial charge in [-0.05, 0) is 24.6 Å². The normalized spacial score (nSPS) is 11.2. The average Bonchev–Trinajstić information content (AvgIpc) is 2.36. The van der Waals surface area contributed by atoms with Crippen LogP contribution in [0, 0.1) is 0 Å². The summed E-state index contributed by atoms with van der Waals surface area (Å²) >= 11 is 0. The lowest BCUT2D eigenvalue weighted by Gasteiger charge is -2.21. The van der Waals surface area contributed by atoms with Crippen LogP contribution in [0.3, 0.4) is 0 Å². The minimum absolute atomic E-state index is 0.0736. The monoisotopic (exact) mass is 304 g/mol. The molecule has 1 aromatic carbocycles. The van der Waals surface area contributed by atoms with Crippen molar-refractivity contribution in [2.24, 2.45) is 5.73 Å². The van der Waals surface area contributed by atoms with Crippen molar-refractivity contribution in [1.82, 2.24) is 0 Å². The molecule has 0 aromatic heterocycles. The van der Waals surface area contributed by atoms with Gasteiger partial charge in [-0.2, -0.15) is 13.2 Å². The van der Waals surface area contributed by atoms with E-state index in [4.69, 9.17) is 10.8 Å². The van der Waals surface area contributed by atoms with E-state index in [1.807, 2.05) is 0 Å². The van der Waals surface area contributed by atoms with Crippen LogP contribution in [0.1, 0.15) is 28.8 Å². The van der Waals surface area contributed by atoms with Crippen LogP contribution >= 0.6 is 0 Å². The molecule has 0 saturated carbocycles. The number of alkyl halides is 3. The van der Waals surface area contributed by atoms with Gasteiger partial charge in [-0.3, -0.25) is 9.59 Å². The number of hydrogen-bond donors (Lipinski definition) is 2. The van der Waals surface area contributed by atoms with E-state index in [2.05, 4.69) is 0 Å². The zero-order valence-electron chi connectivity index (χ0n) is 11.3. The summed E-state index contributed by atoms with van der Waals surface area (Å²) in [7, 11) is 1.54. The summed E-state index contributed by atoms with van der Waals surface area (Å²) < 4.78 is 38.7. The van der Waals surface area contributed by atoms with Gasteiger partial charge in [0.2, 0.25) is 5.91 Å². The van der Waals surface area contributed by atoms with Crippen molar-refractivity contribution in [1.29, 1.82) is 0 Å². The molecule has 0 spiro atoms. The third kappa shape index (κ3) is 4.66. The van der Waals surface area contributed by atoms with E-state index >= 15 is 0 Å². The van der Waals surface area contributed by atoms with Gasteiger partial charge in [-0.25, -0.2) is 0 Å². The fourth-order valence-electron chi connectivity index (χ4n) is 1.82. The van der Waals surface area contributed by atoms with E-state index in [0.717, 1.165) is 12.1 Å². The number of nitrogens with two attached hydrogens (primary N) is 1. The molecule has 0 atom stereocenters. The Morgan fingerprint density at radius 3 is 2.43 bits per heavy atom. The molecule has 3 N–H and O–H groups in total. The third-order valence-corrected chi connectivity index (χ3v) is 2.90. The highest BCUT2D eigenvalue weighted by atomic mass is 19.4. The van der Waals surface area contributed by atoms with Gasteiger partial charge in [0.25, 0.3) is 0 Å². The fourth-order valence-corrected chi connectivity index (χ4v) is 1.82. The Morgan fingerprint density at radius 2 is 1.95 bits per heavy atom. The third-order valence-electron chi connectivity index (χ3n) is 2.90. The number of rotatable bonds is 6. The van der Waals surface area contributed by atoms with Gasteiger partial charge in [0.15, 0.2) is 0 Å². The maximum absolute atomic E-state index is 12.9. The minimum Gasteiger partial charge on any atom is -0.481 e. The number of benzene rings is 1. The summed E-state index contributed by atoms with van der Waals surface area (Å²) in [6.45, 7) is 0.277. The molecule has 1 aromatic rings.